The first-order chi connectivity index (χ1) is 15.1. The number of carbonyl (C=O) groups excluding carboxylic acids is 1. The molecule has 0 fully saturated rings. The van der Waals surface area contributed by atoms with Crippen molar-refractivity contribution in [2.24, 2.45) is 0 Å². The van der Waals surface area contributed by atoms with Gasteiger partial charge in [0, 0.05) is 34.4 Å². The van der Waals surface area contributed by atoms with Gasteiger partial charge in [0.15, 0.2) is 0 Å². The number of hydrogen-bond acceptors (Lipinski definition) is 5. The number of ether oxygens (including phenoxy) is 2. The Labute approximate surface area is 178 Å². The third kappa shape index (κ3) is 4.25. The maximum atomic E-state index is 13.3. The molecule has 0 aliphatic rings. The van der Waals surface area contributed by atoms with Gasteiger partial charge in [-0.15, -0.1) is 0 Å². The van der Waals surface area contributed by atoms with Crippen LogP contribution in [0.25, 0.3) is 10.9 Å². The second kappa shape index (κ2) is 8.71. The van der Waals surface area contributed by atoms with E-state index in [1.807, 2.05) is 6.07 Å². The molecule has 4 rings (SSSR count). The molecule has 0 unspecified atom stereocenters. The SMILES string of the molecule is COc1cccc(N(Cc2cc3cc(OC)ccc3[nH]c2=O)C(=O)c2ccccn2)c1. The van der Waals surface area contributed by atoms with Crippen LogP contribution in [0.15, 0.2) is 77.7 Å². The zero-order valence-electron chi connectivity index (χ0n) is 17.2. The van der Waals surface area contributed by atoms with E-state index >= 15 is 0 Å². The molecule has 4 aromatic rings. The molecule has 2 heterocycles. The van der Waals surface area contributed by atoms with Gasteiger partial charge in [-0.3, -0.25) is 14.6 Å². The molecule has 0 aliphatic carbocycles. The van der Waals surface area contributed by atoms with Crippen molar-refractivity contribution in [2.75, 3.05) is 19.1 Å². The smallest absolute Gasteiger partial charge is 0.277 e. The third-order valence-electron chi connectivity index (χ3n) is 4.95. The lowest BCUT2D eigenvalue weighted by atomic mass is 10.1. The summed E-state index contributed by atoms with van der Waals surface area (Å²) in [6.07, 6.45) is 1.56. The van der Waals surface area contributed by atoms with E-state index in [1.54, 1.807) is 81.1 Å². The number of nitrogens with zero attached hydrogens (tertiary/aromatic N) is 2. The first-order valence-electron chi connectivity index (χ1n) is 9.66. The summed E-state index contributed by atoms with van der Waals surface area (Å²) in [7, 11) is 3.15. The van der Waals surface area contributed by atoms with Crippen LogP contribution in [-0.2, 0) is 6.54 Å². The molecule has 0 spiro atoms. The van der Waals surface area contributed by atoms with Gasteiger partial charge in [0.25, 0.3) is 11.5 Å². The topological polar surface area (TPSA) is 84.5 Å². The van der Waals surface area contributed by atoms with Crippen LogP contribution in [0.1, 0.15) is 16.1 Å². The van der Waals surface area contributed by atoms with E-state index in [4.69, 9.17) is 9.47 Å². The fourth-order valence-corrected chi connectivity index (χ4v) is 3.33. The van der Waals surface area contributed by atoms with Gasteiger partial charge in [0.1, 0.15) is 17.2 Å². The largest absolute Gasteiger partial charge is 0.497 e. The van der Waals surface area contributed by atoms with Gasteiger partial charge in [-0.2, -0.15) is 0 Å². The lowest BCUT2D eigenvalue weighted by molar-refractivity contribution is 0.0980. The van der Waals surface area contributed by atoms with Gasteiger partial charge in [-0.25, -0.2) is 0 Å². The molecule has 0 radical (unpaired) electrons. The first kappa shape index (κ1) is 20.2. The van der Waals surface area contributed by atoms with E-state index in [0.29, 0.717) is 28.3 Å². The highest BCUT2D eigenvalue weighted by molar-refractivity contribution is 6.04. The van der Waals surface area contributed by atoms with Gasteiger partial charge < -0.3 is 19.4 Å². The zero-order valence-corrected chi connectivity index (χ0v) is 17.2. The van der Waals surface area contributed by atoms with Crippen molar-refractivity contribution in [3.05, 3.63) is 94.5 Å². The maximum absolute atomic E-state index is 13.3. The molecule has 156 valence electrons. The molecule has 0 saturated heterocycles. The Morgan fingerprint density at radius 1 is 0.968 bits per heavy atom. The second-order valence-electron chi connectivity index (χ2n) is 6.88. The Morgan fingerprint density at radius 3 is 2.52 bits per heavy atom. The number of amides is 1. The van der Waals surface area contributed by atoms with E-state index in [1.165, 1.54) is 4.90 Å². The molecule has 7 heteroatoms. The highest BCUT2D eigenvalue weighted by atomic mass is 16.5. The monoisotopic (exact) mass is 415 g/mol. The molecule has 0 atom stereocenters. The van der Waals surface area contributed by atoms with Crippen LogP contribution >= 0.6 is 0 Å². The molecule has 31 heavy (non-hydrogen) atoms. The van der Waals surface area contributed by atoms with E-state index in [2.05, 4.69) is 9.97 Å². The molecule has 1 amide bonds. The summed E-state index contributed by atoms with van der Waals surface area (Å²) in [6, 6.07) is 19.5. The number of methoxy groups -OCH3 is 2. The molecule has 7 nitrogen and oxygen atoms in total. The van der Waals surface area contributed by atoms with Crippen molar-refractivity contribution in [1.82, 2.24) is 9.97 Å². The van der Waals surface area contributed by atoms with Crippen LogP contribution in [0.4, 0.5) is 5.69 Å². The molecule has 2 aromatic heterocycles. The number of carbonyl (C=O) groups is 1. The van der Waals surface area contributed by atoms with E-state index in [-0.39, 0.29) is 23.7 Å². The van der Waals surface area contributed by atoms with Crippen molar-refractivity contribution in [1.29, 1.82) is 0 Å². The number of benzene rings is 2. The van der Waals surface area contributed by atoms with E-state index in [0.717, 1.165) is 5.39 Å². The summed E-state index contributed by atoms with van der Waals surface area (Å²) < 4.78 is 10.6. The lowest BCUT2D eigenvalue weighted by Gasteiger charge is -2.23. The van der Waals surface area contributed by atoms with Crippen LogP contribution in [0.3, 0.4) is 0 Å². The first-order valence-corrected chi connectivity index (χ1v) is 9.66. The average Bonchev–Trinajstić information content (AvgIpc) is 2.82. The number of fused-ring (bicyclic) bond motifs is 1. The maximum Gasteiger partial charge on any atom is 0.277 e. The van der Waals surface area contributed by atoms with Gasteiger partial charge in [0.05, 0.1) is 20.8 Å². The van der Waals surface area contributed by atoms with Crippen molar-refractivity contribution < 1.29 is 14.3 Å². The predicted octanol–water partition coefficient (Wildman–Crippen LogP) is 3.79. The summed E-state index contributed by atoms with van der Waals surface area (Å²) in [5, 5.41) is 0.810. The van der Waals surface area contributed by atoms with Crippen molar-refractivity contribution in [3.8, 4) is 11.5 Å². The average molecular weight is 415 g/mol. The number of rotatable bonds is 6. The quantitative estimate of drug-likeness (QED) is 0.518. The van der Waals surface area contributed by atoms with E-state index < -0.39 is 0 Å². The summed E-state index contributed by atoms with van der Waals surface area (Å²) in [5.74, 6) is 0.965. The minimum Gasteiger partial charge on any atom is -0.497 e. The predicted molar refractivity (Wildman–Crippen MR) is 119 cm³/mol. The number of nitrogens with one attached hydrogen (secondary N) is 1. The Balaban J connectivity index is 1.79. The number of aromatic nitrogens is 2. The van der Waals surface area contributed by atoms with Crippen LogP contribution in [-0.4, -0.2) is 30.1 Å². The van der Waals surface area contributed by atoms with E-state index in [9.17, 15) is 9.59 Å². The minimum absolute atomic E-state index is 0.0606. The summed E-state index contributed by atoms with van der Waals surface area (Å²) >= 11 is 0. The molecular formula is C24H21N3O4. The fraction of sp³-hybridized carbons (Fsp3) is 0.125. The number of aromatic amines is 1. The van der Waals surface area contributed by atoms with Gasteiger partial charge >= 0.3 is 0 Å². The summed E-state index contributed by atoms with van der Waals surface area (Å²) in [4.78, 5) is 34.7. The van der Waals surface area contributed by atoms with Crippen LogP contribution in [0.5, 0.6) is 11.5 Å². The van der Waals surface area contributed by atoms with Crippen molar-refractivity contribution >= 4 is 22.5 Å². The molecule has 1 N–H and O–H groups in total. The normalized spacial score (nSPS) is 10.6. The Bertz CT molecular complexity index is 1290. The summed E-state index contributed by atoms with van der Waals surface area (Å²) in [6.45, 7) is 0.0606. The molecule has 0 saturated carbocycles. The fourth-order valence-electron chi connectivity index (χ4n) is 3.33. The molecular weight excluding hydrogens is 394 g/mol. The van der Waals surface area contributed by atoms with Crippen molar-refractivity contribution in [3.63, 3.8) is 0 Å². The Morgan fingerprint density at radius 2 is 1.77 bits per heavy atom. The van der Waals surface area contributed by atoms with Gasteiger partial charge in [-0.1, -0.05) is 12.1 Å². The number of hydrogen-bond donors (Lipinski definition) is 1. The Hall–Kier alpha value is -4.13. The number of pyridine rings is 2. The summed E-state index contributed by atoms with van der Waals surface area (Å²) in [5.41, 5.74) is 1.75. The van der Waals surface area contributed by atoms with Crippen molar-refractivity contribution in [2.45, 2.75) is 6.54 Å². The Kier molecular flexibility index (Phi) is 5.66. The third-order valence-corrected chi connectivity index (χ3v) is 4.95. The minimum atomic E-state index is -0.320. The number of H-pyrrole nitrogens is 1. The van der Waals surface area contributed by atoms with Gasteiger partial charge in [0.2, 0.25) is 0 Å². The molecule has 0 bridgehead atoms. The molecule has 2 aromatic carbocycles. The van der Waals surface area contributed by atoms with Crippen LogP contribution < -0.4 is 19.9 Å². The highest BCUT2D eigenvalue weighted by Gasteiger charge is 2.21. The van der Waals surface area contributed by atoms with Crippen LogP contribution in [0, 0.1) is 0 Å². The molecule has 0 aliphatic heterocycles. The highest BCUT2D eigenvalue weighted by Crippen LogP contribution is 2.25. The van der Waals surface area contributed by atoms with Crippen LogP contribution in [0.2, 0.25) is 0 Å². The lowest BCUT2D eigenvalue weighted by Crippen LogP contribution is -2.33. The van der Waals surface area contributed by atoms with Gasteiger partial charge in [-0.05, 0) is 48.5 Å². The standard InChI is InChI=1S/C24H21N3O4/c1-30-19-7-5-6-18(14-19)27(24(29)22-8-3-4-11-25-22)15-17-12-16-13-20(31-2)9-10-21(16)26-23(17)28/h3-14H,15H2,1-2H3,(H,26,28). The second-order valence-corrected chi connectivity index (χ2v) is 6.88. The zero-order chi connectivity index (χ0) is 21.8. The number of anilines is 1.